The predicted octanol–water partition coefficient (Wildman–Crippen LogP) is 1.77. The van der Waals surface area contributed by atoms with Gasteiger partial charge in [-0.1, -0.05) is 13.8 Å². The van der Waals surface area contributed by atoms with Gasteiger partial charge in [-0.2, -0.15) is 0 Å². The minimum absolute atomic E-state index is 0.141. The fourth-order valence-corrected chi connectivity index (χ4v) is 2.49. The van der Waals surface area contributed by atoms with E-state index in [2.05, 4.69) is 0 Å². The van der Waals surface area contributed by atoms with Crippen LogP contribution in [-0.4, -0.2) is 24.2 Å². The SMILES string of the molecule is CC1(C)CCC(CN)(CC(F)F)C1O. The molecule has 1 aliphatic rings. The molecule has 4 heteroatoms. The number of aliphatic hydroxyl groups is 1. The van der Waals surface area contributed by atoms with Crippen molar-refractivity contribution in [2.24, 2.45) is 16.6 Å². The summed E-state index contributed by atoms with van der Waals surface area (Å²) in [6.07, 6.45) is -2.02. The standard InChI is InChI=1S/C10H19F2NO/c1-9(2)3-4-10(6-13,8(9)14)5-7(11)12/h7-8,14H,3-6,13H2,1-2H3. The molecule has 0 spiro atoms. The lowest BCUT2D eigenvalue weighted by Gasteiger charge is -2.35. The molecule has 3 N–H and O–H groups in total. The molecule has 84 valence electrons. The van der Waals surface area contributed by atoms with Crippen molar-refractivity contribution in [3.63, 3.8) is 0 Å². The van der Waals surface area contributed by atoms with Crippen LogP contribution < -0.4 is 5.73 Å². The van der Waals surface area contributed by atoms with Crippen LogP contribution >= 0.6 is 0 Å². The molecule has 1 aliphatic carbocycles. The van der Waals surface area contributed by atoms with E-state index in [9.17, 15) is 13.9 Å². The van der Waals surface area contributed by atoms with Gasteiger partial charge in [0.1, 0.15) is 0 Å². The van der Waals surface area contributed by atoms with Gasteiger partial charge in [0, 0.05) is 18.4 Å². The van der Waals surface area contributed by atoms with E-state index >= 15 is 0 Å². The van der Waals surface area contributed by atoms with Crippen molar-refractivity contribution >= 4 is 0 Å². The van der Waals surface area contributed by atoms with E-state index in [4.69, 9.17) is 5.73 Å². The Kier molecular flexibility index (Phi) is 3.17. The average Bonchev–Trinajstić information content (AvgIpc) is 2.30. The molecule has 1 saturated carbocycles. The van der Waals surface area contributed by atoms with Crippen LogP contribution in [0.2, 0.25) is 0 Å². The summed E-state index contributed by atoms with van der Waals surface area (Å²) in [6.45, 7) is 3.95. The first-order chi connectivity index (χ1) is 6.34. The van der Waals surface area contributed by atoms with Crippen molar-refractivity contribution in [2.75, 3.05) is 6.54 Å². The summed E-state index contributed by atoms with van der Waals surface area (Å²) in [7, 11) is 0. The summed E-state index contributed by atoms with van der Waals surface area (Å²) in [5, 5.41) is 10.0. The second-order valence-corrected chi connectivity index (χ2v) is 5.05. The third-order valence-corrected chi connectivity index (χ3v) is 3.55. The van der Waals surface area contributed by atoms with Gasteiger partial charge in [0.15, 0.2) is 0 Å². The molecule has 0 heterocycles. The van der Waals surface area contributed by atoms with Gasteiger partial charge in [-0.15, -0.1) is 0 Å². The van der Waals surface area contributed by atoms with Gasteiger partial charge in [0.2, 0.25) is 6.43 Å². The predicted molar refractivity (Wildman–Crippen MR) is 51.1 cm³/mol. The van der Waals surface area contributed by atoms with Gasteiger partial charge >= 0.3 is 0 Å². The molecule has 2 atom stereocenters. The van der Waals surface area contributed by atoms with Gasteiger partial charge in [-0.3, -0.25) is 0 Å². The molecular formula is C10H19F2NO. The van der Waals surface area contributed by atoms with E-state index in [1.807, 2.05) is 13.8 Å². The van der Waals surface area contributed by atoms with Gasteiger partial charge in [-0.05, 0) is 18.3 Å². The van der Waals surface area contributed by atoms with E-state index in [0.717, 1.165) is 6.42 Å². The zero-order chi connectivity index (χ0) is 11.0. The first-order valence-corrected chi connectivity index (χ1v) is 5.00. The van der Waals surface area contributed by atoms with E-state index in [0.29, 0.717) is 6.42 Å². The Morgan fingerprint density at radius 3 is 2.29 bits per heavy atom. The van der Waals surface area contributed by atoms with E-state index in [-0.39, 0.29) is 18.4 Å². The largest absolute Gasteiger partial charge is 0.392 e. The second kappa shape index (κ2) is 3.74. The number of halogens is 2. The van der Waals surface area contributed by atoms with Crippen LogP contribution in [-0.2, 0) is 0 Å². The molecule has 0 aromatic heterocycles. The van der Waals surface area contributed by atoms with Crippen LogP contribution in [0.5, 0.6) is 0 Å². The Balaban J connectivity index is 2.81. The summed E-state index contributed by atoms with van der Waals surface area (Å²) in [6, 6.07) is 0. The van der Waals surface area contributed by atoms with Gasteiger partial charge in [-0.25, -0.2) is 8.78 Å². The van der Waals surface area contributed by atoms with Crippen molar-refractivity contribution in [1.29, 1.82) is 0 Å². The Bertz CT molecular complexity index is 208. The smallest absolute Gasteiger partial charge is 0.239 e. The normalized spacial score (nSPS) is 36.6. The summed E-state index contributed by atoms with van der Waals surface area (Å²) >= 11 is 0. The van der Waals surface area contributed by atoms with Crippen molar-refractivity contribution in [3.8, 4) is 0 Å². The lowest BCUT2D eigenvalue weighted by Crippen LogP contribution is -2.43. The topological polar surface area (TPSA) is 46.2 Å². The van der Waals surface area contributed by atoms with E-state index < -0.39 is 17.9 Å². The second-order valence-electron chi connectivity index (χ2n) is 5.05. The molecule has 14 heavy (non-hydrogen) atoms. The molecule has 1 rings (SSSR count). The summed E-state index contributed by atoms with van der Waals surface area (Å²) in [4.78, 5) is 0. The minimum Gasteiger partial charge on any atom is -0.392 e. The first-order valence-electron chi connectivity index (χ1n) is 5.00. The molecule has 1 fully saturated rings. The third-order valence-electron chi connectivity index (χ3n) is 3.55. The molecule has 0 aromatic rings. The highest BCUT2D eigenvalue weighted by Crippen LogP contribution is 2.51. The number of hydrogen-bond donors (Lipinski definition) is 2. The molecule has 2 nitrogen and oxygen atoms in total. The number of alkyl halides is 2. The summed E-state index contributed by atoms with van der Waals surface area (Å²) in [5.41, 5.74) is 4.49. The first kappa shape index (κ1) is 11.9. The highest BCUT2D eigenvalue weighted by molar-refractivity contribution is 5.02. The Morgan fingerprint density at radius 1 is 1.43 bits per heavy atom. The highest BCUT2D eigenvalue weighted by Gasteiger charge is 2.51. The molecule has 0 bridgehead atoms. The molecule has 2 unspecified atom stereocenters. The van der Waals surface area contributed by atoms with Crippen molar-refractivity contribution < 1.29 is 13.9 Å². The minimum atomic E-state index is -2.39. The van der Waals surface area contributed by atoms with Crippen LogP contribution in [0.15, 0.2) is 0 Å². The Labute approximate surface area is 83.5 Å². The number of hydrogen-bond acceptors (Lipinski definition) is 2. The fraction of sp³-hybridized carbons (Fsp3) is 1.00. The maximum atomic E-state index is 12.4. The van der Waals surface area contributed by atoms with Gasteiger partial charge < -0.3 is 10.8 Å². The lowest BCUT2D eigenvalue weighted by atomic mass is 9.76. The molecular weight excluding hydrogens is 188 g/mol. The molecule has 0 aromatic carbocycles. The monoisotopic (exact) mass is 207 g/mol. The van der Waals surface area contributed by atoms with Crippen LogP contribution in [0, 0.1) is 10.8 Å². The van der Waals surface area contributed by atoms with Crippen LogP contribution in [0.1, 0.15) is 33.1 Å². The van der Waals surface area contributed by atoms with Crippen molar-refractivity contribution in [3.05, 3.63) is 0 Å². The van der Waals surface area contributed by atoms with Crippen LogP contribution in [0.3, 0.4) is 0 Å². The zero-order valence-electron chi connectivity index (χ0n) is 8.76. The van der Waals surface area contributed by atoms with Gasteiger partial charge in [0.25, 0.3) is 0 Å². The van der Waals surface area contributed by atoms with E-state index in [1.54, 1.807) is 0 Å². The fourth-order valence-electron chi connectivity index (χ4n) is 2.49. The van der Waals surface area contributed by atoms with Crippen molar-refractivity contribution in [2.45, 2.75) is 45.6 Å². The highest BCUT2D eigenvalue weighted by atomic mass is 19.3. The van der Waals surface area contributed by atoms with E-state index in [1.165, 1.54) is 0 Å². The quantitative estimate of drug-likeness (QED) is 0.740. The number of rotatable bonds is 3. The summed E-state index contributed by atoms with van der Waals surface area (Å²) < 4.78 is 24.8. The van der Waals surface area contributed by atoms with Gasteiger partial charge in [0.05, 0.1) is 6.10 Å². The molecule has 0 aliphatic heterocycles. The molecule has 0 radical (unpaired) electrons. The third kappa shape index (κ3) is 1.91. The maximum Gasteiger partial charge on any atom is 0.239 e. The number of aliphatic hydroxyl groups excluding tert-OH is 1. The van der Waals surface area contributed by atoms with Crippen LogP contribution in [0.4, 0.5) is 8.78 Å². The Morgan fingerprint density at radius 2 is 2.00 bits per heavy atom. The van der Waals surface area contributed by atoms with Crippen LogP contribution in [0.25, 0.3) is 0 Å². The molecule has 0 amide bonds. The summed E-state index contributed by atoms with van der Waals surface area (Å²) in [5.74, 6) is 0. The van der Waals surface area contributed by atoms with Crippen molar-refractivity contribution in [1.82, 2.24) is 0 Å². The Hall–Kier alpha value is -0.220. The molecule has 0 saturated heterocycles. The average molecular weight is 207 g/mol. The number of nitrogens with two attached hydrogens (primary N) is 1. The zero-order valence-corrected chi connectivity index (χ0v) is 8.76. The maximum absolute atomic E-state index is 12.4. The lowest BCUT2D eigenvalue weighted by molar-refractivity contribution is -0.0373.